The van der Waals surface area contributed by atoms with Crippen LogP contribution in [-0.2, 0) is 4.74 Å². The van der Waals surface area contributed by atoms with Crippen molar-refractivity contribution >= 4 is 5.69 Å². The molecular formula is C17H15F2NO. The van der Waals surface area contributed by atoms with Gasteiger partial charge in [-0.1, -0.05) is 12.1 Å². The molecule has 1 saturated heterocycles. The van der Waals surface area contributed by atoms with E-state index in [4.69, 9.17) is 4.74 Å². The summed E-state index contributed by atoms with van der Waals surface area (Å²) in [5, 5.41) is 3.43. The lowest BCUT2D eigenvalue weighted by Crippen LogP contribution is -2.29. The Hall–Kier alpha value is -1.94. The van der Waals surface area contributed by atoms with Gasteiger partial charge in [-0.2, -0.15) is 0 Å². The number of hydrogen-bond donors (Lipinski definition) is 1. The fourth-order valence-corrected chi connectivity index (χ4v) is 3.47. The summed E-state index contributed by atoms with van der Waals surface area (Å²) in [6, 6.07) is 11.3. The van der Waals surface area contributed by atoms with E-state index in [1.165, 1.54) is 18.2 Å². The molecule has 4 rings (SSSR count). The molecule has 2 aromatic rings. The van der Waals surface area contributed by atoms with Crippen molar-refractivity contribution in [1.29, 1.82) is 0 Å². The third kappa shape index (κ3) is 2.10. The molecule has 0 aromatic heterocycles. The standard InChI is InChI=1S/C17H15F2NO/c18-11-3-1-2-10(8-11)16-13-6-7-21-17(13)14-9-12(19)4-5-15(14)20-16/h1-5,8-9,13,16-17,20H,6-7H2. The minimum Gasteiger partial charge on any atom is -0.378 e. The lowest BCUT2D eigenvalue weighted by Gasteiger charge is -2.36. The quantitative estimate of drug-likeness (QED) is 0.848. The molecule has 2 aliphatic rings. The largest absolute Gasteiger partial charge is 0.378 e. The highest BCUT2D eigenvalue weighted by molar-refractivity contribution is 5.57. The van der Waals surface area contributed by atoms with Crippen LogP contribution >= 0.6 is 0 Å². The van der Waals surface area contributed by atoms with Crippen molar-refractivity contribution in [3.63, 3.8) is 0 Å². The van der Waals surface area contributed by atoms with Crippen molar-refractivity contribution in [2.75, 3.05) is 11.9 Å². The summed E-state index contributed by atoms with van der Waals surface area (Å²) < 4.78 is 32.8. The molecule has 0 aliphatic carbocycles. The average molecular weight is 287 g/mol. The minimum atomic E-state index is -0.256. The van der Waals surface area contributed by atoms with Crippen LogP contribution in [0.3, 0.4) is 0 Å². The first kappa shape index (κ1) is 12.8. The zero-order chi connectivity index (χ0) is 14.4. The lowest BCUT2D eigenvalue weighted by molar-refractivity contribution is 0.0826. The molecule has 0 bridgehead atoms. The first-order chi connectivity index (χ1) is 10.2. The summed E-state index contributed by atoms with van der Waals surface area (Å²) in [7, 11) is 0. The van der Waals surface area contributed by atoms with Gasteiger partial charge >= 0.3 is 0 Å². The van der Waals surface area contributed by atoms with Crippen LogP contribution in [0.5, 0.6) is 0 Å². The lowest BCUT2D eigenvalue weighted by atomic mass is 9.81. The Kier molecular flexibility index (Phi) is 2.93. The van der Waals surface area contributed by atoms with Gasteiger partial charge in [0.15, 0.2) is 0 Å². The van der Waals surface area contributed by atoms with Crippen molar-refractivity contribution in [3.8, 4) is 0 Å². The van der Waals surface area contributed by atoms with Gasteiger partial charge in [0.25, 0.3) is 0 Å². The molecular weight excluding hydrogens is 272 g/mol. The van der Waals surface area contributed by atoms with Crippen LogP contribution in [0.15, 0.2) is 42.5 Å². The molecule has 3 atom stereocenters. The molecule has 4 heteroatoms. The summed E-state index contributed by atoms with van der Waals surface area (Å²) >= 11 is 0. The Bertz CT molecular complexity index is 688. The zero-order valence-corrected chi connectivity index (χ0v) is 11.4. The van der Waals surface area contributed by atoms with E-state index in [2.05, 4.69) is 5.32 Å². The van der Waals surface area contributed by atoms with E-state index in [1.54, 1.807) is 18.2 Å². The van der Waals surface area contributed by atoms with Gasteiger partial charge in [-0.25, -0.2) is 8.78 Å². The second kappa shape index (κ2) is 4.81. The Morgan fingerprint density at radius 2 is 1.90 bits per heavy atom. The predicted octanol–water partition coefficient (Wildman–Crippen LogP) is 4.21. The van der Waals surface area contributed by atoms with Crippen LogP contribution in [0.25, 0.3) is 0 Å². The minimum absolute atomic E-state index is 0.00818. The van der Waals surface area contributed by atoms with Crippen LogP contribution in [0.2, 0.25) is 0 Å². The summed E-state index contributed by atoms with van der Waals surface area (Å²) in [4.78, 5) is 0. The van der Waals surface area contributed by atoms with Gasteiger partial charge in [0.2, 0.25) is 0 Å². The van der Waals surface area contributed by atoms with E-state index in [0.29, 0.717) is 6.61 Å². The molecule has 0 spiro atoms. The number of hydrogen-bond acceptors (Lipinski definition) is 2. The van der Waals surface area contributed by atoms with E-state index in [1.807, 2.05) is 6.07 Å². The van der Waals surface area contributed by atoms with Gasteiger partial charge in [0.1, 0.15) is 11.6 Å². The molecule has 2 heterocycles. The number of rotatable bonds is 1. The Morgan fingerprint density at radius 3 is 2.76 bits per heavy atom. The van der Waals surface area contributed by atoms with Crippen LogP contribution < -0.4 is 5.32 Å². The number of benzene rings is 2. The summed E-state index contributed by atoms with van der Waals surface area (Å²) in [6.07, 6.45) is 0.764. The van der Waals surface area contributed by atoms with E-state index in [-0.39, 0.29) is 29.7 Å². The normalized spacial score (nSPS) is 26.9. The third-order valence-corrected chi connectivity index (χ3v) is 4.40. The first-order valence-corrected chi connectivity index (χ1v) is 7.15. The molecule has 108 valence electrons. The third-order valence-electron chi connectivity index (χ3n) is 4.40. The average Bonchev–Trinajstić information content (AvgIpc) is 2.96. The first-order valence-electron chi connectivity index (χ1n) is 7.15. The SMILES string of the molecule is Fc1cccc(C2Nc3ccc(F)cc3C3OCCC23)c1. The monoisotopic (exact) mass is 287 g/mol. The summed E-state index contributed by atoms with van der Waals surface area (Å²) in [5.74, 6) is -0.301. The number of anilines is 1. The van der Waals surface area contributed by atoms with Crippen LogP contribution in [0.4, 0.5) is 14.5 Å². The second-order valence-electron chi connectivity index (χ2n) is 5.65. The van der Waals surface area contributed by atoms with Crippen molar-refractivity contribution in [2.24, 2.45) is 5.92 Å². The maximum absolute atomic E-state index is 13.5. The number of halogens is 2. The predicted molar refractivity (Wildman–Crippen MR) is 76.0 cm³/mol. The second-order valence-corrected chi connectivity index (χ2v) is 5.65. The maximum atomic E-state index is 13.5. The number of ether oxygens (including phenoxy) is 1. The van der Waals surface area contributed by atoms with E-state index in [9.17, 15) is 8.78 Å². The molecule has 2 aliphatic heterocycles. The van der Waals surface area contributed by atoms with Crippen molar-refractivity contribution in [1.82, 2.24) is 0 Å². The van der Waals surface area contributed by atoms with E-state index >= 15 is 0 Å². The van der Waals surface area contributed by atoms with Crippen molar-refractivity contribution < 1.29 is 13.5 Å². The fourth-order valence-electron chi connectivity index (χ4n) is 3.47. The molecule has 0 saturated carbocycles. The maximum Gasteiger partial charge on any atom is 0.123 e. The van der Waals surface area contributed by atoms with Crippen LogP contribution in [0.1, 0.15) is 29.7 Å². The van der Waals surface area contributed by atoms with Gasteiger partial charge in [0.05, 0.1) is 12.1 Å². The number of nitrogens with one attached hydrogen (secondary N) is 1. The molecule has 0 amide bonds. The molecule has 2 nitrogen and oxygen atoms in total. The summed E-state index contributed by atoms with van der Waals surface area (Å²) in [5.41, 5.74) is 2.64. The molecule has 0 radical (unpaired) electrons. The van der Waals surface area contributed by atoms with Crippen molar-refractivity contribution in [3.05, 3.63) is 65.2 Å². The van der Waals surface area contributed by atoms with Crippen LogP contribution in [0, 0.1) is 17.6 Å². The van der Waals surface area contributed by atoms with Crippen LogP contribution in [-0.4, -0.2) is 6.61 Å². The highest BCUT2D eigenvalue weighted by Gasteiger charge is 2.41. The van der Waals surface area contributed by atoms with Gasteiger partial charge in [-0.05, 0) is 42.3 Å². The Balaban J connectivity index is 1.79. The molecule has 21 heavy (non-hydrogen) atoms. The highest BCUT2D eigenvalue weighted by Crippen LogP contribution is 2.49. The Morgan fingerprint density at radius 1 is 1.05 bits per heavy atom. The van der Waals surface area contributed by atoms with E-state index < -0.39 is 0 Å². The van der Waals surface area contributed by atoms with Crippen molar-refractivity contribution in [2.45, 2.75) is 18.6 Å². The fraction of sp³-hybridized carbons (Fsp3) is 0.294. The summed E-state index contributed by atoms with van der Waals surface area (Å²) in [6.45, 7) is 0.652. The zero-order valence-electron chi connectivity index (χ0n) is 11.4. The highest BCUT2D eigenvalue weighted by atomic mass is 19.1. The van der Waals surface area contributed by atoms with Gasteiger partial charge in [-0.3, -0.25) is 0 Å². The Labute approximate surface area is 121 Å². The molecule has 3 unspecified atom stereocenters. The van der Waals surface area contributed by atoms with Gasteiger partial charge in [-0.15, -0.1) is 0 Å². The topological polar surface area (TPSA) is 21.3 Å². The molecule has 1 N–H and O–H groups in total. The van der Waals surface area contributed by atoms with Gasteiger partial charge in [0, 0.05) is 23.8 Å². The molecule has 1 fully saturated rings. The molecule has 2 aromatic carbocycles. The van der Waals surface area contributed by atoms with E-state index in [0.717, 1.165) is 23.2 Å². The smallest absolute Gasteiger partial charge is 0.123 e. The number of fused-ring (bicyclic) bond motifs is 3. The van der Waals surface area contributed by atoms with Gasteiger partial charge < -0.3 is 10.1 Å².